The summed E-state index contributed by atoms with van der Waals surface area (Å²) < 4.78 is 0. The number of nitrogens with one attached hydrogen (secondary N) is 2. The Morgan fingerprint density at radius 2 is 1.76 bits per heavy atom. The lowest BCUT2D eigenvalue weighted by atomic mass is 9.81. The Morgan fingerprint density at radius 1 is 0.976 bits per heavy atom. The lowest BCUT2D eigenvalue weighted by Crippen LogP contribution is -2.45. The molecule has 2 aliphatic rings. The number of carbonyl (C=O) groups excluding carboxylic acids is 3. The molecule has 3 amide bonds. The van der Waals surface area contributed by atoms with E-state index in [0.717, 1.165) is 31.3 Å². The summed E-state index contributed by atoms with van der Waals surface area (Å²) in [6.45, 7) is 7.03. The van der Waals surface area contributed by atoms with E-state index in [2.05, 4.69) is 53.9 Å². The summed E-state index contributed by atoms with van der Waals surface area (Å²) in [4.78, 5) is 41.8. The molecule has 0 fully saturated rings. The predicted molar refractivity (Wildman–Crippen MR) is 167 cm³/mol. The van der Waals surface area contributed by atoms with E-state index < -0.39 is 17.7 Å². The van der Waals surface area contributed by atoms with Crippen LogP contribution in [0.5, 0.6) is 0 Å². The molecule has 4 rings (SSSR count). The Hall–Kier alpha value is -3.71. The number of nitrogens with zero attached hydrogens (tertiary/aromatic N) is 1. The van der Waals surface area contributed by atoms with Crippen LogP contribution in [-0.4, -0.2) is 40.9 Å². The number of benzene rings is 2. The van der Waals surface area contributed by atoms with E-state index in [4.69, 9.17) is 0 Å². The van der Waals surface area contributed by atoms with Crippen molar-refractivity contribution < 1.29 is 19.6 Å². The van der Waals surface area contributed by atoms with Crippen molar-refractivity contribution in [2.45, 2.75) is 72.1 Å². The molecule has 7 nitrogen and oxygen atoms in total. The van der Waals surface area contributed by atoms with Gasteiger partial charge in [0.2, 0.25) is 11.8 Å². The molecule has 0 saturated carbocycles. The van der Waals surface area contributed by atoms with Crippen LogP contribution in [0.4, 0.5) is 0 Å². The van der Waals surface area contributed by atoms with Crippen LogP contribution >= 0.6 is 0 Å². The van der Waals surface area contributed by atoms with E-state index >= 15 is 0 Å². The predicted octanol–water partition coefficient (Wildman–Crippen LogP) is 6.54. The van der Waals surface area contributed by atoms with Crippen LogP contribution in [0.2, 0.25) is 0 Å². The van der Waals surface area contributed by atoms with Crippen LogP contribution in [0.1, 0.15) is 77.7 Å². The van der Waals surface area contributed by atoms with Gasteiger partial charge in [-0.05, 0) is 84.4 Å². The summed E-state index contributed by atoms with van der Waals surface area (Å²) in [6, 6.07) is 14.9. The summed E-state index contributed by atoms with van der Waals surface area (Å²) in [5.41, 5.74) is 5.60. The zero-order chi connectivity index (χ0) is 30.1. The first kappa shape index (κ1) is 31.2. The first-order valence-electron chi connectivity index (χ1n) is 15.4. The number of hydrogen-bond acceptors (Lipinski definition) is 4. The van der Waals surface area contributed by atoms with Crippen LogP contribution in [0.15, 0.2) is 72.0 Å². The Kier molecular flexibility index (Phi) is 11.1. The maximum atomic E-state index is 13.8. The number of hydrogen-bond donors (Lipinski definition) is 3. The molecule has 2 aromatic rings. The van der Waals surface area contributed by atoms with Gasteiger partial charge in [0.25, 0.3) is 5.91 Å². The SMILES string of the molecule is CCCC(C(=O)NO)C(CC(C)C)C(=O)NC1=CCCCCN(CC2=CCCC(c3ccc4ccccc4c3)=C2)C1=O. The minimum atomic E-state index is -0.672. The number of allylic oxidation sites excluding steroid dienone is 3. The van der Waals surface area contributed by atoms with E-state index in [-0.39, 0.29) is 23.4 Å². The third-order valence-corrected chi connectivity index (χ3v) is 8.27. The fourth-order valence-electron chi connectivity index (χ4n) is 6.12. The fraction of sp³-hybridized carbons (Fsp3) is 0.457. The van der Waals surface area contributed by atoms with E-state index in [1.807, 2.05) is 37.8 Å². The van der Waals surface area contributed by atoms with E-state index in [1.165, 1.54) is 21.9 Å². The monoisotopic (exact) mass is 571 g/mol. The van der Waals surface area contributed by atoms with Gasteiger partial charge >= 0.3 is 0 Å². The van der Waals surface area contributed by atoms with Crippen LogP contribution in [0.25, 0.3) is 16.3 Å². The molecule has 0 radical (unpaired) electrons. The zero-order valence-corrected chi connectivity index (χ0v) is 25.2. The summed E-state index contributed by atoms with van der Waals surface area (Å²) in [5, 5.41) is 14.7. The lowest BCUT2D eigenvalue weighted by Gasteiger charge is -2.29. The van der Waals surface area contributed by atoms with Gasteiger partial charge in [-0.15, -0.1) is 0 Å². The van der Waals surface area contributed by atoms with Gasteiger partial charge < -0.3 is 10.2 Å². The molecule has 1 aliphatic heterocycles. The largest absolute Gasteiger partial charge is 0.333 e. The summed E-state index contributed by atoms with van der Waals surface area (Å²) in [5.74, 6) is -2.27. The van der Waals surface area contributed by atoms with E-state index in [9.17, 15) is 19.6 Å². The van der Waals surface area contributed by atoms with Crippen molar-refractivity contribution in [2.24, 2.45) is 17.8 Å². The van der Waals surface area contributed by atoms with Crippen molar-refractivity contribution in [3.05, 3.63) is 77.5 Å². The molecule has 42 heavy (non-hydrogen) atoms. The molecule has 1 aliphatic carbocycles. The maximum absolute atomic E-state index is 13.8. The molecular formula is C35H45N3O4. The molecule has 0 aromatic heterocycles. The van der Waals surface area contributed by atoms with Gasteiger partial charge in [-0.2, -0.15) is 0 Å². The minimum absolute atomic E-state index is 0.159. The van der Waals surface area contributed by atoms with Gasteiger partial charge in [0.15, 0.2) is 0 Å². The quantitative estimate of drug-likeness (QED) is 0.211. The van der Waals surface area contributed by atoms with Crippen molar-refractivity contribution in [1.29, 1.82) is 0 Å². The van der Waals surface area contributed by atoms with Gasteiger partial charge in [-0.3, -0.25) is 19.6 Å². The van der Waals surface area contributed by atoms with Gasteiger partial charge in [0.05, 0.1) is 11.8 Å². The Bertz CT molecular complexity index is 1370. The average Bonchev–Trinajstić information content (AvgIpc) is 2.99. The van der Waals surface area contributed by atoms with Crippen LogP contribution in [0, 0.1) is 17.8 Å². The zero-order valence-electron chi connectivity index (χ0n) is 25.2. The molecule has 0 bridgehead atoms. The minimum Gasteiger partial charge on any atom is -0.333 e. The van der Waals surface area contributed by atoms with E-state index in [0.29, 0.717) is 38.8 Å². The summed E-state index contributed by atoms with van der Waals surface area (Å²) in [6.07, 6.45) is 12.3. The number of carbonyl (C=O) groups is 3. The summed E-state index contributed by atoms with van der Waals surface area (Å²) >= 11 is 0. The first-order valence-corrected chi connectivity index (χ1v) is 15.4. The number of fused-ring (bicyclic) bond motifs is 1. The Balaban J connectivity index is 1.51. The molecule has 3 N–H and O–H groups in total. The first-order chi connectivity index (χ1) is 20.3. The van der Waals surface area contributed by atoms with Crippen LogP contribution in [-0.2, 0) is 14.4 Å². The molecule has 1 heterocycles. The molecular weight excluding hydrogens is 526 g/mol. The molecule has 2 aromatic carbocycles. The number of hydroxylamine groups is 1. The second-order valence-corrected chi connectivity index (χ2v) is 12.0. The highest BCUT2D eigenvalue weighted by Gasteiger charge is 2.35. The van der Waals surface area contributed by atoms with Gasteiger partial charge in [0.1, 0.15) is 5.70 Å². The molecule has 2 atom stereocenters. The van der Waals surface area contributed by atoms with Gasteiger partial charge in [-0.25, -0.2) is 5.48 Å². The standard InChI is InChI=1S/C35H45N3O4/c1-4-11-30(34(40)37-42)31(20-24(2)3)33(39)36-32-16-6-5-9-19-38(35(32)41)23-25-12-10-15-27(21-25)29-18-17-26-13-7-8-14-28(26)22-29/h7-8,12-14,16-18,21-22,24,30-31,42H,4-6,9-11,15,19-20,23H2,1-3H3,(H,36,39)(H,37,40). The molecule has 0 saturated heterocycles. The van der Waals surface area contributed by atoms with Crippen LogP contribution < -0.4 is 10.8 Å². The number of rotatable bonds is 11. The highest BCUT2D eigenvalue weighted by atomic mass is 16.5. The third kappa shape index (κ3) is 7.97. The Morgan fingerprint density at radius 3 is 2.50 bits per heavy atom. The third-order valence-electron chi connectivity index (χ3n) is 8.27. The average molecular weight is 572 g/mol. The van der Waals surface area contributed by atoms with E-state index in [1.54, 1.807) is 5.48 Å². The van der Waals surface area contributed by atoms with Crippen molar-refractivity contribution in [3.63, 3.8) is 0 Å². The van der Waals surface area contributed by atoms with Crippen LogP contribution in [0.3, 0.4) is 0 Å². The second-order valence-electron chi connectivity index (χ2n) is 12.0. The van der Waals surface area contributed by atoms with Gasteiger partial charge in [0, 0.05) is 13.1 Å². The summed E-state index contributed by atoms with van der Waals surface area (Å²) in [7, 11) is 0. The molecule has 7 heteroatoms. The molecule has 224 valence electrons. The normalized spacial score (nSPS) is 17.5. The molecule has 0 spiro atoms. The highest BCUT2D eigenvalue weighted by Crippen LogP contribution is 2.30. The second kappa shape index (κ2) is 15.0. The topological polar surface area (TPSA) is 98.7 Å². The molecule has 2 unspecified atom stereocenters. The highest BCUT2D eigenvalue weighted by molar-refractivity contribution is 5.99. The van der Waals surface area contributed by atoms with Crippen molar-refractivity contribution >= 4 is 34.1 Å². The van der Waals surface area contributed by atoms with Crippen molar-refractivity contribution in [1.82, 2.24) is 15.7 Å². The Labute approximate surface area is 249 Å². The maximum Gasteiger partial charge on any atom is 0.270 e. The lowest BCUT2D eigenvalue weighted by molar-refractivity contribution is -0.141. The smallest absolute Gasteiger partial charge is 0.270 e. The number of amides is 3. The van der Waals surface area contributed by atoms with Crippen molar-refractivity contribution in [3.8, 4) is 0 Å². The van der Waals surface area contributed by atoms with Crippen molar-refractivity contribution in [2.75, 3.05) is 13.1 Å². The fourth-order valence-corrected chi connectivity index (χ4v) is 6.12. The van der Waals surface area contributed by atoms with Gasteiger partial charge in [-0.1, -0.05) is 81.8 Å².